The maximum Gasteiger partial charge on any atom is 0.147 e. The van der Waals surface area contributed by atoms with Crippen LogP contribution in [0.1, 0.15) is 0 Å². The molecule has 0 N–H and O–H groups in total. The van der Waals surface area contributed by atoms with Crippen LogP contribution < -0.4 is 0 Å². The van der Waals surface area contributed by atoms with Gasteiger partial charge in [-0.05, 0) is 61.5 Å². The summed E-state index contributed by atoms with van der Waals surface area (Å²) in [5, 5.41) is 8.00. The second-order valence-corrected chi connectivity index (χ2v) is 12.4. The molecule has 0 bridgehead atoms. The van der Waals surface area contributed by atoms with Crippen LogP contribution in [-0.4, -0.2) is 0 Å². The normalized spacial score (nSPS) is 11.8. The molecule has 0 amide bonds. The number of fused-ring (bicyclic) bond motifs is 7. The summed E-state index contributed by atoms with van der Waals surface area (Å²) in [6.45, 7) is 0. The molecule has 0 unspecified atom stereocenters. The molecule has 0 radical (unpaired) electrons. The van der Waals surface area contributed by atoms with E-state index >= 15 is 0 Å². The fourth-order valence-electron chi connectivity index (χ4n) is 7.68. The minimum atomic E-state index is 0.819. The lowest BCUT2D eigenvalue weighted by Gasteiger charge is -2.19. The Morgan fingerprint density at radius 3 is 1.44 bits per heavy atom. The number of rotatable bonds is 4. The summed E-state index contributed by atoms with van der Waals surface area (Å²) in [4.78, 5) is 0. The molecular formula is C46H28O2. The van der Waals surface area contributed by atoms with Crippen LogP contribution in [0.4, 0.5) is 0 Å². The Hall–Kier alpha value is -6.38. The van der Waals surface area contributed by atoms with Crippen molar-refractivity contribution in [2.24, 2.45) is 0 Å². The Morgan fingerprint density at radius 1 is 0.312 bits per heavy atom. The van der Waals surface area contributed by atoms with E-state index in [4.69, 9.17) is 8.83 Å². The minimum absolute atomic E-state index is 0.819. The zero-order chi connectivity index (χ0) is 31.6. The third-order valence-corrected chi connectivity index (χ3v) is 9.77. The maximum absolute atomic E-state index is 7.00. The van der Waals surface area contributed by atoms with Crippen molar-refractivity contribution in [2.75, 3.05) is 0 Å². The van der Waals surface area contributed by atoms with Crippen LogP contribution in [0.3, 0.4) is 0 Å². The van der Waals surface area contributed by atoms with E-state index in [1.165, 1.54) is 49.4 Å². The van der Waals surface area contributed by atoms with Gasteiger partial charge in [0.1, 0.15) is 16.7 Å². The third kappa shape index (κ3) is 3.93. The first-order valence-corrected chi connectivity index (χ1v) is 16.3. The molecule has 0 saturated heterocycles. The topological polar surface area (TPSA) is 26.3 Å². The number of benzene rings is 8. The highest BCUT2D eigenvalue weighted by Gasteiger charge is 2.23. The highest BCUT2D eigenvalue weighted by Crippen LogP contribution is 2.49. The highest BCUT2D eigenvalue weighted by molar-refractivity contribution is 6.26. The first-order valence-electron chi connectivity index (χ1n) is 16.3. The van der Waals surface area contributed by atoms with Crippen molar-refractivity contribution in [2.45, 2.75) is 0 Å². The Balaban J connectivity index is 1.30. The van der Waals surface area contributed by atoms with Crippen LogP contribution >= 0.6 is 0 Å². The average Bonchev–Trinajstić information content (AvgIpc) is 3.77. The van der Waals surface area contributed by atoms with Crippen LogP contribution in [0.2, 0.25) is 0 Å². The molecule has 48 heavy (non-hydrogen) atoms. The van der Waals surface area contributed by atoms with Gasteiger partial charge in [-0.2, -0.15) is 0 Å². The van der Waals surface area contributed by atoms with Crippen molar-refractivity contribution in [3.8, 4) is 44.5 Å². The van der Waals surface area contributed by atoms with Crippen LogP contribution in [0.25, 0.3) is 99.0 Å². The predicted octanol–water partition coefficient (Wildman–Crippen LogP) is 13.3. The zero-order valence-corrected chi connectivity index (χ0v) is 26.0. The number of furan rings is 2. The van der Waals surface area contributed by atoms with Crippen molar-refractivity contribution in [1.29, 1.82) is 0 Å². The first kappa shape index (κ1) is 26.8. The molecule has 8 aromatic carbocycles. The second-order valence-electron chi connectivity index (χ2n) is 12.4. The second kappa shape index (κ2) is 10.6. The quantitative estimate of drug-likeness (QED) is 0.185. The summed E-state index contributed by atoms with van der Waals surface area (Å²) >= 11 is 0. The van der Waals surface area contributed by atoms with Gasteiger partial charge in [-0.15, -0.1) is 0 Å². The van der Waals surface area contributed by atoms with Gasteiger partial charge in [0.05, 0.1) is 11.6 Å². The van der Waals surface area contributed by atoms with Gasteiger partial charge in [-0.1, -0.05) is 152 Å². The molecule has 0 aliphatic carbocycles. The van der Waals surface area contributed by atoms with Crippen LogP contribution in [0.15, 0.2) is 179 Å². The summed E-state index contributed by atoms with van der Waals surface area (Å²) in [5.41, 5.74) is 11.8. The molecule has 0 aliphatic rings. The molecular weight excluding hydrogens is 585 g/mol. The summed E-state index contributed by atoms with van der Waals surface area (Å²) in [7, 11) is 0. The van der Waals surface area contributed by atoms with Crippen molar-refractivity contribution >= 4 is 54.5 Å². The fraction of sp³-hybridized carbons (Fsp3) is 0. The Morgan fingerprint density at radius 2 is 0.792 bits per heavy atom. The fourth-order valence-corrected chi connectivity index (χ4v) is 7.68. The van der Waals surface area contributed by atoms with Gasteiger partial charge in [0.2, 0.25) is 0 Å². The lowest BCUT2D eigenvalue weighted by atomic mass is 9.83. The lowest BCUT2D eigenvalue weighted by molar-refractivity contribution is 0.616. The summed E-state index contributed by atoms with van der Waals surface area (Å²) in [6, 6.07) is 58.2. The Labute approximate surface area is 277 Å². The van der Waals surface area contributed by atoms with E-state index < -0.39 is 0 Å². The van der Waals surface area contributed by atoms with Crippen LogP contribution in [0, 0.1) is 0 Å². The minimum Gasteiger partial charge on any atom is -0.464 e. The van der Waals surface area contributed by atoms with E-state index in [1.54, 1.807) is 0 Å². The van der Waals surface area contributed by atoms with E-state index in [0.717, 1.165) is 49.6 Å². The van der Waals surface area contributed by atoms with E-state index in [-0.39, 0.29) is 0 Å². The molecule has 0 fully saturated rings. The van der Waals surface area contributed by atoms with Crippen molar-refractivity contribution < 1.29 is 8.83 Å². The Kier molecular flexibility index (Phi) is 5.91. The van der Waals surface area contributed by atoms with Crippen molar-refractivity contribution in [1.82, 2.24) is 0 Å². The molecule has 0 spiro atoms. The first-order chi connectivity index (χ1) is 23.8. The van der Waals surface area contributed by atoms with E-state index in [0.29, 0.717) is 0 Å². The monoisotopic (exact) mass is 612 g/mol. The number of hydrogen-bond acceptors (Lipinski definition) is 2. The predicted molar refractivity (Wildman–Crippen MR) is 200 cm³/mol. The molecule has 2 heterocycles. The van der Waals surface area contributed by atoms with Gasteiger partial charge in [0, 0.05) is 27.5 Å². The molecule has 0 atom stereocenters. The van der Waals surface area contributed by atoms with Crippen LogP contribution in [-0.2, 0) is 0 Å². The molecule has 10 rings (SSSR count). The van der Waals surface area contributed by atoms with Gasteiger partial charge in [-0.3, -0.25) is 0 Å². The number of para-hydroxylation sites is 1. The average molecular weight is 613 g/mol. The highest BCUT2D eigenvalue weighted by atomic mass is 16.3. The molecule has 10 aromatic rings. The lowest BCUT2D eigenvalue weighted by Crippen LogP contribution is -1.92. The van der Waals surface area contributed by atoms with Crippen molar-refractivity contribution in [3.63, 3.8) is 0 Å². The molecule has 2 nitrogen and oxygen atoms in total. The van der Waals surface area contributed by atoms with Gasteiger partial charge < -0.3 is 8.83 Å². The smallest absolute Gasteiger partial charge is 0.147 e. The molecule has 224 valence electrons. The molecule has 2 heteroatoms. The summed E-state index contributed by atoms with van der Waals surface area (Å²) < 4.78 is 13.1. The standard InChI is InChI=1S/C46H28O2/c1-3-14-29(15-4-1)31-18-7-8-19-32(31)42-33-20-9-11-22-35(33)43(36-23-12-10-21-34(36)42)39-25-13-24-37-38-26-27-41-44(46(38)48-45(37)39)40(28-47-41)30-16-5-2-6-17-30/h1-28H. The van der Waals surface area contributed by atoms with Crippen LogP contribution in [0.5, 0.6) is 0 Å². The molecule has 2 aromatic heterocycles. The SMILES string of the molecule is c1ccc(-c2ccccc2-c2c3ccccc3c(-c3cccc4c3oc3c4ccc4occ(-c5ccccc5)c43)c3ccccc23)cc1. The van der Waals surface area contributed by atoms with Gasteiger partial charge >= 0.3 is 0 Å². The van der Waals surface area contributed by atoms with Gasteiger partial charge in [-0.25, -0.2) is 0 Å². The number of hydrogen-bond donors (Lipinski definition) is 0. The summed E-state index contributed by atoms with van der Waals surface area (Å²) in [5.74, 6) is 0. The van der Waals surface area contributed by atoms with Gasteiger partial charge in [0.15, 0.2) is 0 Å². The van der Waals surface area contributed by atoms with E-state index in [2.05, 4.69) is 158 Å². The third-order valence-electron chi connectivity index (χ3n) is 9.77. The largest absolute Gasteiger partial charge is 0.464 e. The van der Waals surface area contributed by atoms with Gasteiger partial charge in [0.25, 0.3) is 0 Å². The molecule has 0 aliphatic heterocycles. The maximum atomic E-state index is 7.00. The summed E-state index contributed by atoms with van der Waals surface area (Å²) in [6.07, 6.45) is 1.85. The zero-order valence-electron chi connectivity index (χ0n) is 26.0. The van der Waals surface area contributed by atoms with Crippen molar-refractivity contribution in [3.05, 3.63) is 170 Å². The van der Waals surface area contributed by atoms with E-state index in [9.17, 15) is 0 Å². The molecule has 0 saturated carbocycles. The Bertz CT molecular complexity index is 2760. The van der Waals surface area contributed by atoms with E-state index in [1.807, 2.05) is 12.3 Å².